The minimum Gasteiger partial charge on any atom is -0.504 e. The molecule has 126 valence electrons. The van der Waals surface area contributed by atoms with Crippen molar-refractivity contribution in [2.45, 2.75) is 6.61 Å². The summed E-state index contributed by atoms with van der Waals surface area (Å²) in [5, 5.41) is 18.7. The predicted molar refractivity (Wildman–Crippen MR) is 91.8 cm³/mol. The zero-order valence-electron chi connectivity index (χ0n) is 13.3. The van der Waals surface area contributed by atoms with Gasteiger partial charge in [0.15, 0.2) is 11.5 Å². The van der Waals surface area contributed by atoms with Gasteiger partial charge in [-0.1, -0.05) is 30.3 Å². The van der Waals surface area contributed by atoms with Crippen molar-refractivity contribution in [2.24, 2.45) is 0 Å². The van der Waals surface area contributed by atoms with Crippen LogP contribution >= 0.6 is 0 Å². The Labute approximate surface area is 144 Å². The summed E-state index contributed by atoms with van der Waals surface area (Å²) in [5.41, 5.74) is 0.928. The molecule has 3 rings (SSSR count). The van der Waals surface area contributed by atoms with E-state index in [4.69, 9.17) is 9.47 Å². The molecule has 0 fully saturated rings. The van der Waals surface area contributed by atoms with Crippen LogP contribution in [0.2, 0.25) is 0 Å². The van der Waals surface area contributed by atoms with Gasteiger partial charge >= 0.3 is 5.97 Å². The highest BCUT2D eigenvalue weighted by molar-refractivity contribution is 5.90. The van der Waals surface area contributed by atoms with E-state index in [1.165, 1.54) is 12.1 Å². The van der Waals surface area contributed by atoms with E-state index in [1.54, 1.807) is 6.07 Å². The van der Waals surface area contributed by atoms with Gasteiger partial charge in [0.05, 0.1) is 5.56 Å². The van der Waals surface area contributed by atoms with E-state index in [1.807, 2.05) is 48.5 Å². The highest BCUT2D eigenvalue weighted by Gasteiger charge is 2.10. The maximum absolute atomic E-state index is 12.0. The first-order valence-electron chi connectivity index (χ1n) is 7.63. The Morgan fingerprint density at radius 3 is 2.32 bits per heavy atom. The summed E-state index contributed by atoms with van der Waals surface area (Å²) in [4.78, 5) is 12.0. The summed E-state index contributed by atoms with van der Waals surface area (Å²) in [6.45, 7) is 0.0620. The quantitative estimate of drug-likeness (QED) is 0.538. The molecule has 0 heterocycles. The smallest absolute Gasteiger partial charge is 0.338 e. The molecule has 3 aromatic rings. The molecule has 0 unspecified atom stereocenters. The fourth-order valence-corrected chi connectivity index (χ4v) is 2.21. The Morgan fingerprint density at radius 1 is 0.800 bits per heavy atom. The van der Waals surface area contributed by atoms with E-state index >= 15 is 0 Å². The number of phenolic OH excluding ortho intramolecular Hbond substituents is 2. The van der Waals surface area contributed by atoms with Gasteiger partial charge in [-0.25, -0.2) is 4.79 Å². The molecule has 5 nitrogen and oxygen atoms in total. The van der Waals surface area contributed by atoms with Crippen LogP contribution in [0.25, 0.3) is 0 Å². The van der Waals surface area contributed by atoms with Crippen molar-refractivity contribution in [1.29, 1.82) is 0 Å². The van der Waals surface area contributed by atoms with Crippen molar-refractivity contribution in [1.82, 2.24) is 0 Å². The van der Waals surface area contributed by atoms with Crippen LogP contribution in [-0.4, -0.2) is 16.2 Å². The molecule has 0 radical (unpaired) electrons. The van der Waals surface area contributed by atoms with Gasteiger partial charge in [0.2, 0.25) is 0 Å². The molecule has 0 aromatic heterocycles. The normalized spacial score (nSPS) is 10.2. The van der Waals surface area contributed by atoms with Gasteiger partial charge in [-0.2, -0.15) is 0 Å². The lowest BCUT2D eigenvalue weighted by Gasteiger charge is -2.09. The van der Waals surface area contributed by atoms with Crippen LogP contribution in [-0.2, 0) is 11.3 Å². The summed E-state index contributed by atoms with van der Waals surface area (Å²) in [7, 11) is 0. The van der Waals surface area contributed by atoms with E-state index < -0.39 is 5.97 Å². The van der Waals surface area contributed by atoms with Crippen LogP contribution in [0.3, 0.4) is 0 Å². The average molecular weight is 336 g/mol. The molecule has 0 aliphatic heterocycles. The van der Waals surface area contributed by atoms with Crippen molar-refractivity contribution in [3.8, 4) is 23.0 Å². The average Bonchev–Trinajstić information content (AvgIpc) is 2.63. The van der Waals surface area contributed by atoms with Gasteiger partial charge in [0.1, 0.15) is 18.1 Å². The lowest BCUT2D eigenvalue weighted by molar-refractivity contribution is 0.0472. The monoisotopic (exact) mass is 336 g/mol. The van der Waals surface area contributed by atoms with Crippen LogP contribution in [0.5, 0.6) is 23.0 Å². The molecular formula is C20H16O5. The molecule has 0 bridgehead atoms. The number of aromatic hydroxyl groups is 2. The highest BCUT2D eigenvalue weighted by atomic mass is 16.5. The Bertz CT molecular complexity index is 874. The third-order valence-electron chi connectivity index (χ3n) is 3.46. The van der Waals surface area contributed by atoms with Crippen molar-refractivity contribution in [3.63, 3.8) is 0 Å². The molecule has 0 aliphatic carbocycles. The summed E-state index contributed by atoms with van der Waals surface area (Å²) in [6.07, 6.45) is 0. The zero-order valence-corrected chi connectivity index (χ0v) is 13.3. The first-order chi connectivity index (χ1) is 12.1. The van der Waals surface area contributed by atoms with E-state index in [0.29, 0.717) is 5.75 Å². The van der Waals surface area contributed by atoms with Gasteiger partial charge in [-0.3, -0.25) is 0 Å². The first kappa shape index (κ1) is 16.4. The number of rotatable bonds is 5. The standard InChI is InChI=1S/C20H16O5/c21-18-10-9-15(12-19(18)22)20(23)24-13-14-5-4-8-17(11-14)25-16-6-2-1-3-7-16/h1-12,21-22H,13H2. The van der Waals surface area contributed by atoms with Crippen LogP contribution in [0, 0.1) is 0 Å². The number of para-hydroxylation sites is 1. The molecular weight excluding hydrogens is 320 g/mol. The van der Waals surface area contributed by atoms with Crippen LogP contribution in [0.1, 0.15) is 15.9 Å². The van der Waals surface area contributed by atoms with Crippen LogP contribution in [0.15, 0.2) is 72.8 Å². The topological polar surface area (TPSA) is 76.0 Å². The van der Waals surface area contributed by atoms with Crippen molar-refractivity contribution < 1.29 is 24.5 Å². The van der Waals surface area contributed by atoms with Gasteiger partial charge in [0.25, 0.3) is 0 Å². The number of phenols is 2. The van der Waals surface area contributed by atoms with Gasteiger partial charge < -0.3 is 19.7 Å². The summed E-state index contributed by atoms with van der Waals surface area (Å²) < 4.78 is 11.0. The Morgan fingerprint density at radius 2 is 1.56 bits per heavy atom. The number of carbonyl (C=O) groups excluding carboxylic acids is 1. The summed E-state index contributed by atoms with van der Waals surface area (Å²) in [6, 6.07) is 20.4. The fraction of sp³-hybridized carbons (Fsp3) is 0.0500. The molecule has 0 saturated heterocycles. The number of ether oxygens (including phenoxy) is 2. The Kier molecular flexibility index (Phi) is 4.85. The first-order valence-corrected chi connectivity index (χ1v) is 7.63. The van der Waals surface area contributed by atoms with Crippen LogP contribution in [0.4, 0.5) is 0 Å². The van der Waals surface area contributed by atoms with Crippen molar-refractivity contribution >= 4 is 5.97 Å². The molecule has 25 heavy (non-hydrogen) atoms. The second kappa shape index (κ2) is 7.40. The van der Waals surface area contributed by atoms with Crippen molar-refractivity contribution in [2.75, 3.05) is 0 Å². The number of esters is 1. The summed E-state index contributed by atoms with van der Waals surface area (Å²) >= 11 is 0. The highest BCUT2D eigenvalue weighted by Crippen LogP contribution is 2.26. The SMILES string of the molecule is O=C(OCc1cccc(Oc2ccccc2)c1)c1ccc(O)c(O)c1. The number of hydrogen-bond acceptors (Lipinski definition) is 5. The molecule has 0 spiro atoms. The molecule has 0 atom stereocenters. The molecule has 0 amide bonds. The second-order valence-electron chi connectivity index (χ2n) is 5.34. The molecule has 3 aromatic carbocycles. The van der Waals surface area contributed by atoms with E-state index in [0.717, 1.165) is 17.4 Å². The predicted octanol–water partition coefficient (Wildman–Crippen LogP) is 4.25. The minimum atomic E-state index is -0.593. The molecule has 0 aliphatic rings. The lowest BCUT2D eigenvalue weighted by atomic mass is 10.2. The summed E-state index contributed by atoms with van der Waals surface area (Å²) in [5.74, 6) is 0.109. The fourth-order valence-electron chi connectivity index (χ4n) is 2.21. The number of carbonyl (C=O) groups is 1. The van der Waals surface area contributed by atoms with Crippen molar-refractivity contribution in [3.05, 3.63) is 83.9 Å². The second-order valence-corrected chi connectivity index (χ2v) is 5.34. The third kappa shape index (κ3) is 4.29. The number of hydrogen-bond donors (Lipinski definition) is 2. The molecule has 5 heteroatoms. The maximum Gasteiger partial charge on any atom is 0.338 e. The third-order valence-corrected chi connectivity index (χ3v) is 3.46. The lowest BCUT2D eigenvalue weighted by Crippen LogP contribution is -2.05. The largest absolute Gasteiger partial charge is 0.504 e. The maximum atomic E-state index is 12.0. The zero-order chi connectivity index (χ0) is 17.6. The minimum absolute atomic E-state index is 0.0620. The van der Waals surface area contributed by atoms with E-state index in [9.17, 15) is 15.0 Å². The van der Waals surface area contributed by atoms with Gasteiger partial charge in [-0.15, -0.1) is 0 Å². The van der Waals surface area contributed by atoms with Gasteiger partial charge in [-0.05, 0) is 48.0 Å². The molecule has 2 N–H and O–H groups in total. The van der Waals surface area contributed by atoms with Crippen LogP contribution < -0.4 is 4.74 Å². The van der Waals surface area contributed by atoms with E-state index in [2.05, 4.69) is 0 Å². The molecule has 0 saturated carbocycles. The Balaban J connectivity index is 1.64. The van der Waals surface area contributed by atoms with E-state index in [-0.39, 0.29) is 23.7 Å². The van der Waals surface area contributed by atoms with Gasteiger partial charge in [0, 0.05) is 0 Å². The Hall–Kier alpha value is -3.47. The number of benzene rings is 3.